The van der Waals surface area contributed by atoms with Crippen molar-refractivity contribution in [1.82, 2.24) is 15.1 Å². The van der Waals surface area contributed by atoms with Gasteiger partial charge in [0, 0.05) is 25.2 Å². The minimum atomic E-state index is 0.148. The molecule has 0 saturated heterocycles. The molecule has 0 radical (unpaired) electrons. The molecular weight excluding hydrogens is 256 g/mol. The van der Waals surface area contributed by atoms with Crippen molar-refractivity contribution < 1.29 is 9.26 Å². The van der Waals surface area contributed by atoms with Gasteiger partial charge in [0.2, 0.25) is 11.8 Å². The second-order valence-corrected chi connectivity index (χ2v) is 4.66. The summed E-state index contributed by atoms with van der Waals surface area (Å²) in [5.74, 6) is 2.02. The average Bonchev–Trinajstić information content (AvgIpc) is 2.94. The number of nitrogens with zero attached hydrogens (tertiary/aromatic N) is 3. The maximum atomic E-state index is 5.73. The highest BCUT2D eigenvalue weighted by atomic mass is 16.5. The molecule has 20 heavy (non-hydrogen) atoms. The molecule has 108 valence electrons. The van der Waals surface area contributed by atoms with E-state index in [4.69, 9.17) is 15.0 Å². The van der Waals surface area contributed by atoms with E-state index in [0.717, 1.165) is 18.4 Å². The van der Waals surface area contributed by atoms with E-state index >= 15 is 0 Å². The first-order chi connectivity index (χ1) is 9.76. The third kappa shape index (κ3) is 3.54. The summed E-state index contributed by atoms with van der Waals surface area (Å²) in [6.07, 6.45) is 4.34. The molecule has 0 aliphatic carbocycles. The average molecular weight is 276 g/mol. The second kappa shape index (κ2) is 7.00. The maximum absolute atomic E-state index is 5.73. The third-order valence-electron chi connectivity index (χ3n) is 3.12. The van der Waals surface area contributed by atoms with E-state index < -0.39 is 0 Å². The van der Waals surface area contributed by atoms with Crippen LogP contribution in [0.25, 0.3) is 0 Å². The predicted octanol–water partition coefficient (Wildman–Crippen LogP) is 1.91. The van der Waals surface area contributed by atoms with Crippen LogP contribution in [0.5, 0.6) is 5.88 Å². The molecule has 0 saturated carbocycles. The van der Waals surface area contributed by atoms with Gasteiger partial charge < -0.3 is 15.0 Å². The number of nitrogens with two attached hydrogens (primary N) is 1. The van der Waals surface area contributed by atoms with E-state index in [9.17, 15) is 0 Å². The first-order valence-electron chi connectivity index (χ1n) is 6.78. The molecule has 2 aromatic rings. The summed E-state index contributed by atoms with van der Waals surface area (Å²) in [6.45, 7) is 2.64. The maximum Gasteiger partial charge on any atom is 0.231 e. The molecule has 0 aliphatic heterocycles. The number of aromatic nitrogens is 3. The van der Waals surface area contributed by atoms with Crippen LogP contribution in [0.15, 0.2) is 22.9 Å². The Kier molecular flexibility index (Phi) is 5.06. The van der Waals surface area contributed by atoms with Crippen molar-refractivity contribution in [3.05, 3.63) is 35.6 Å². The Hall–Kier alpha value is -1.95. The summed E-state index contributed by atoms with van der Waals surface area (Å²) in [5, 5.41) is 4.00. The lowest BCUT2D eigenvalue weighted by atomic mass is 10.0. The van der Waals surface area contributed by atoms with Gasteiger partial charge in [-0.25, -0.2) is 4.98 Å². The summed E-state index contributed by atoms with van der Waals surface area (Å²) in [7, 11) is 1.59. The zero-order valence-electron chi connectivity index (χ0n) is 11.9. The minimum absolute atomic E-state index is 0.148. The normalized spacial score (nSPS) is 12.3. The van der Waals surface area contributed by atoms with Crippen LogP contribution in [0.1, 0.15) is 43.0 Å². The number of hydrogen-bond donors (Lipinski definition) is 1. The van der Waals surface area contributed by atoms with E-state index in [1.54, 1.807) is 13.3 Å². The van der Waals surface area contributed by atoms with Crippen LogP contribution in [0.4, 0.5) is 0 Å². The third-order valence-corrected chi connectivity index (χ3v) is 3.12. The fraction of sp³-hybridized carbons (Fsp3) is 0.500. The van der Waals surface area contributed by atoms with E-state index in [0.29, 0.717) is 30.6 Å². The Bertz CT molecular complexity index is 524. The van der Waals surface area contributed by atoms with Gasteiger partial charge in [0.05, 0.1) is 13.0 Å². The molecule has 0 aliphatic rings. The monoisotopic (exact) mass is 276 g/mol. The second-order valence-electron chi connectivity index (χ2n) is 4.66. The van der Waals surface area contributed by atoms with Crippen molar-refractivity contribution in [2.24, 2.45) is 5.73 Å². The van der Waals surface area contributed by atoms with Crippen LogP contribution in [0.3, 0.4) is 0 Å². The fourth-order valence-electron chi connectivity index (χ4n) is 2.01. The molecule has 0 fully saturated rings. The van der Waals surface area contributed by atoms with Gasteiger partial charge in [0.15, 0.2) is 5.82 Å². The standard InChI is InChI=1S/C14H20N4O2/c1-3-4-11(8-15)14-17-12(18-20-14)7-10-5-6-13(19-2)16-9-10/h5-6,9,11H,3-4,7-8,15H2,1-2H3. The van der Waals surface area contributed by atoms with Crippen molar-refractivity contribution in [2.75, 3.05) is 13.7 Å². The van der Waals surface area contributed by atoms with Crippen molar-refractivity contribution in [2.45, 2.75) is 32.1 Å². The van der Waals surface area contributed by atoms with E-state index in [1.165, 1.54) is 0 Å². The largest absolute Gasteiger partial charge is 0.481 e. The number of hydrogen-bond acceptors (Lipinski definition) is 6. The van der Waals surface area contributed by atoms with Gasteiger partial charge in [0.1, 0.15) is 0 Å². The van der Waals surface area contributed by atoms with Crippen LogP contribution in [-0.2, 0) is 6.42 Å². The van der Waals surface area contributed by atoms with Crippen molar-refractivity contribution >= 4 is 0 Å². The zero-order chi connectivity index (χ0) is 14.4. The van der Waals surface area contributed by atoms with Gasteiger partial charge in [-0.05, 0) is 12.0 Å². The van der Waals surface area contributed by atoms with Gasteiger partial charge in [-0.2, -0.15) is 4.98 Å². The molecule has 0 amide bonds. The lowest BCUT2D eigenvalue weighted by Gasteiger charge is -2.06. The summed E-state index contributed by atoms with van der Waals surface area (Å²) in [5.41, 5.74) is 6.74. The van der Waals surface area contributed by atoms with E-state index in [1.807, 2.05) is 12.1 Å². The first kappa shape index (κ1) is 14.5. The van der Waals surface area contributed by atoms with Gasteiger partial charge >= 0.3 is 0 Å². The van der Waals surface area contributed by atoms with E-state index in [-0.39, 0.29) is 5.92 Å². The highest BCUT2D eigenvalue weighted by Gasteiger charge is 2.16. The molecule has 2 aromatic heterocycles. The Morgan fingerprint density at radius 2 is 2.25 bits per heavy atom. The summed E-state index contributed by atoms with van der Waals surface area (Å²) >= 11 is 0. The highest BCUT2D eigenvalue weighted by molar-refractivity contribution is 5.20. The van der Waals surface area contributed by atoms with Gasteiger partial charge in [-0.3, -0.25) is 0 Å². The Morgan fingerprint density at radius 1 is 1.40 bits per heavy atom. The Labute approximate surface area is 118 Å². The molecule has 2 rings (SSSR count). The molecule has 0 aromatic carbocycles. The molecule has 1 unspecified atom stereocenters. The Morgan fingerprint density at radius 3 is 2.85 bits per heavy atom. The number of pyridine rings is 1. The van der Waals surface area contributed by atoms with Gasteiger partial charge in [-0.1, -0.05) is 24.6 Å². The van der Waals surface area contributed by atoms with Crippen LogP contribution >= 0.6 is 0 Å². The molecule has 0 spiro atoms. The molecular formula is C14H20N4O2. The summed E-state index contributed by atoms with van der Waals surface area (Å²) < 4.78 is 10.3. The lowest BCUT2D eigenvalue weighted by Crippen LogP contribution is -2.12. The van der Waals surface area contributed by atoms with Crippen molar-refractivity contribution in [1.29, 1.82) is 0 Å². The molecule has 0 bridgehead atoms. The van der Waals surface area contributed by atoms with Crippen LogP contribution in [-0.4, -0.2) is 28.8 Å². The molecule has 1 atom stereocenters. The van der Waals surface area contributed by atoms with Gasteiger partial charge in [0.25, 0.3) is 0 Å². The SMILES string of the molecule is CCCC(CN)c1nc(Cc2ccc(OC)nc2)no1. The number of rotatable bonds is 7. The topological polar surface area (TPSA) is 87.1 Å². The number of methoxy groups -OCH3 is 1. The summed E-state index contributed by atoms with van der Waals surface area (Å²) in [6, 6.07) is 3.75. The Balaban J connectivity index is 2.04. The summed E-state index contributed by atoms with van der Waals surface area (Å²) in [4.78, 5) is 8.57. The smallest absolute Gasteiger partial charge is 0.231 e. The lowest BCUT2D eigenvalue weighted by molar-refractivity contribution is 0.344. The van der Waals surface area contributed by atoms with Crippen molar-refractivity contribution in [3.8, 4) is 5.88 Å². The molecule has 6 heteroatoms. The van der Waals surface area contributed by atoms with Crippen LogP contribution < -0.4 is 10.5 Å². The molecule has 2 N–H and O–H groups in total. The number of ether oxygens (including phenoxy) is 1. The zero-order valence-corrected chi connectivity index (χ0v) is 11.9. The minimum Gasteiger partial charge on any atom is -0.481 e. The van der Waals surface area contributed by atoms with Crippen molar-refractivity contribution in [3.63, 3.8) is 0 Å². The quantitative estimate of drug-likeness (QED) is 0.831. The first-order valence-corrected chi connectivity index (χ1v) is 6.78. The fourth-order valence-corrected chi connectivity index (χ4v) is 2.01. The van der Waals surface area contributed by atoms with Crippen LogP contribution in [0.2, 0.25) is 0 Å². The molecule has 6 nitrogen and oxygen atoms in total. The highest BCUT2D eigenvalue weighted by Crippen LogP contribution is 2.19. The van der Waals surface area contributed by atoms with Crippen LogP contribution in [0, 0.1) is 0 Å². The molecule has 2 heterocycles. The predicted molar refractivity (Wildman–Crippen MR) is 74.6 cm³/mol. The van der Waals surface area contributed by atoms with E-state index in [2.05, 4.69) is 22.0 Å². The van der Waals surface area contributed by atoms with Gasteiger partial charge in [-0.15, -0.1) is 0 Å².